The second-order valence-corrected chi connectivity index (χ2v) is 4.52. The van der Waals surface area contributed by atoms with Crippen LogP contribution in [0.3, 0.4) is 0 Å². The van der Waals surface area contributed by atoms with Gasteiger partial charge in [-0.1, -0.05) is 0 Å². The lowest BCUT2D eigenvalue weighted by Crippen LogP contribution is -2.19. The Bertz CT molecular complexity index is 663. The Balaban J connectivity index is 2.06. The zero-order valence-electron chi connectivity index (χ0n) is 11.2. The van der Waals surface area contributed by atoms with E-state index in [9.17, 15) is 14.9 Å². The average molecular weight is 274 g/mol. The van der Waals surface area contributed by atoms with E-state index >= 15 is 0 Å². The largest absolute Gasteiger partial charge is 0.324 e. The van der Waals surface area contributed by atoms with Gasteiger partial charge in [0.1, 0.15) is 6.54 Å². The number of benzene rings is 1. The second-order valence-electron chi connectivity index (χ2n) is 4.52. The van der Waals surface area contributed by atoms with Gasteiger partial charge in [-0.15, -0.1) is 0 Å². The zero-order chi connectivity index (χ0) is 14.7. The molecule has 2 aromatic rings. The minimum atomic E-state index is -0.467. The molecule has 0 atom stereocenters. The molecule has 0 radical (unpaired) electrons. The van der Waals surface area contributed by atoms with Crippen molar-refractivity contribution in [2.24, 2.45) is 0 Å². The number of carbonyl (C=O) groups is 1. The molecule has 1 amide bonds. The van der Waals surface area contributed by atoms with Crippen molar-refractivity contribution in [3.05, 3.63) is 51.8 Å². The van der Waals surface area contributed by atoms with Gasteiger partial charge in [0.05, 0.1) is 11.1 Å². The van der Waals surface area contributed by atoms with Gasteiger partial charge in [-0.25, -0.2) is 0 Å². The number of nitrogens with one attached hydrogen (secondary N) is 1. The first-order chi connectivity index (χ1) is 9.45. The normalized spacial score (nSPS) is 10.3. The average Bonchev–Trinajstić information content (AvgIpc) is 2.77. The molecule has 0 fully saturated rings. The van der Waals surface area contributed by atoms with Gasteiger partial charge in [-0.2, -0.15) is 5.10 Å². The van der Waals surface area contributed by atoms with Crippen molar-refractivity contribution in [2.45, 2.75) is 20.4 Å². The number of nitro benzene ring substituents is 1. The van der Waals surface area contributed by atoms with Crippen molar-refractivity contribution in [3.63, 3.8) is 0 Å². The number of anilines is 1. The number of aromatic nitrogens is 2. The summed E-state index contributed by atoms with van der Waals surface area (Å²) >= 11 is 0. The summed E-state index contributed by atoms with van der Waals surface area (Å²) in [4.78, 5) is 22.0. The molecule has 0 saturated carbocycles. The van der Waals surface area contributed by atoms with Gasteiger partial charge in [0.15, 0.2) is 0 Å². The number of nitro groups is 1. The van der Waals surface area contributed by atoms with E-state index in [1.54, 1.807) is 19.3 Å². The highest BCUT2D eigenvalue weighted by molar-refractivity contribution is 5.91. The molecule has 20 heavy (non-hydrogen) atoms. The lowest BCUT2D eigenvalue weighted by atomic mass is 10.2. The Hall–Kier alpha value is -2.70. The molecule has 0 unspecified atom stereocenters. The predicted octanol–water partition coefficient (Wildman–Crippen LogP) is 2.05. The van der Waals surface area contributed by atoms with Gasteiger partial charge in [0, 0.05) is 24.0 Å². The van der Waals surface area contributed by atoms with Crippen LogP contribution >= 0.6 is 0 Å². The standard InChI is InChI=1S/C13H14N4O3/c1-9-6-14-16(7-9)8-13(18)15-12-4-3-11(17(19)20)5-10(12)2/h3-7H,8H2,1-2H3,(H,15,18). The number of aryl methyl sites for hydroxylation is 2. The number of non-ortho nitro benzene ring substituents is 1. The Morgan fingerprint density at radius 1 is 1.45 bits per heavy atom. The van der Waals surface area contributed by atoms with E-state index in [1.807, 2.05) is 6.92 Å². The van der Waals surface area contributed by atoms with Crippen LogP contribution in [0.2, 0.25) is 0 Å². The van der Waals surface area contributed by atoms with Crippen molar-refractivity contribution < 1.29 is 9.72 Å². The van der Waals surface area contributed by atoms with Crippen molar-refractivity contribution >= 4 is 17.3 Å². The van der Waals surface area contributed by atoms with Crippen LogP contribution in [0, 0.1) is 24.0 Å². The third-order valence-corrected chi connectivity index (χ3v) is 2.76. The van der Waals surface area contributed by atoms with E-state index in [-0.39, 0.29) is 18.1 Å². The van der Waals surface area contributed by atoms with E-state index in [0.29, 0.717) is 11.3 Å². The smallest absolute Gasteiger partial charge is 0.269 e. The van der Waals surface area contributed by atoms with Crippen LogP contribution in [-0.2, 0) is 11.3 Å². The maximum absolute atomic E-state index is 11.9. The van der Waals surface area contributed by atoms with Crippen LogP contribution in [-0.4, -0.2) is 20.6 Å². The first kappa shape index (κ1) is 13.7. The SMILES string of the molecule is Cc1cnn(CC(=O)Nc2ccc([N+](=O)[O-])cc2C)c1. The molecule has 1 aromatic heterocycles. The van der Waals surface area contributed by atoms with Gasteiger partial charge in [-0.05, 0) is 31.0 Å². The number of nitrogens with zero attached hydrogens (tertiary/aromatic N) is 3. The van der Waals surface area contributed by atoms with Crippen LogP contribution in [0.4, 0.5) is 11.4 Å². The first-order valence-corrected chi connectivity index (χ1v) is 5.99. The van der Waals surface area contributed by atoms with Crippen molar-refractivity contribution in [1.82, 2.24) is 9.78 Å². The number of hydrogen-bond donors (Lipinski definition) is 1. The second kappa shape index (κ2) is 5.52. The molecular formula is C13H14N4O3. The quantitative estimate of drug-likeness (QED) is 0.682. The minimum Gasteiger partial charge on any atom is -0.324 e. The summed E-state index contributed by atoms with van der Waals surface area (Å²) in [5.74, 6) is -0.231. The Morgan fingerprint density at radius 3 is 2.75 bits per heavy atom. The van der Waals surface area contributed by atoms with E-state index in [1.165, 1.54) is 22.9 Å². The van der Waals surface area contributed by atoms with Crippen LogP contribution in [0.15, 0.2) is 30.6 Å². The summed E-state index contributed by atoms with van der Waals surface area (Å²) in [6.45, 7) is 3.70. The highest BCUT2D eigenvalue weighted by atomic mass is 16.6. The maximum atomic E-state index is 11.9. The van der Waals surface area contributed by atoms with Crippen LogP contribution < -0.4 is 5.32 Å². The maximum Gasteiger partial charge on any atom is 0.269 e. The lowest BCUT2D eigenvalue weighted by molar-refractivity contribution is -0.384. The fraction of sp³-hybridized carbons (Fsp3) is 0.231. The Labute approximate surface area is 115 Å². The molecule has 2 rings (SSSR count). The molecule has 0 aliphatic carbocycles. The molecule has 0 spiro atoms. The van der Waals surface area contributed by atoms with Gasteiger partial charge < -0.3 is 5.32 Å². The van der Waals surface area contributed by atoms with Crippen LogP contribution in [0.1, 0.15) is 11.1 Å². The number of carbonyl (C=O) groups excluding carboxylic acids is 1. The van der Waals surface area contributed by atoms with Crippen LogP contribution in [0.5, 0.6) is 0 Å². The summed E-state index contributed by atoms with van der Waals surface area (Å²) < 4.78 is 1.53. The molecule has 0 saturated heterocycles. The monoisotopic (exact) mass is 274 g/mol. The third kappa shape index (κ3) is 3.19. The van der Waals surface area contributed by atoms with Crippen molar-refractivity contribution in [2.75, 3.05) is 5.32 Å². The van der Waals surface area contributed by atoms with Gasteiger partial charge in [0.2, 0.25) is 5.91 Å². The topological polar surface area (TPSA) is 90.1 Å². The summed E-state index contributed by atoms with van der Waals surface area (Å²) in [6, 6.07) is 4.31. The number of rotatable bonds is 4. The fourth-order valence-corrected chi connectivity index (χ4v) is 1.79. The molecule has 7 heteroatoms. The van der Waals surface area contributed by atoms with Crippen molar-refractivity contribution in [1.29, 1.82) is 0 Å². The van der Waals surface area contributed by atoms with E-state index in [0.717, 1.165) is 5.56 Å². The molecular weight excluding hydrogens is 260 g/mol. The molecule has 1 heterocycles. The van der Waals surface area contributed by atoms with Gasteiger partial charge in [-0.3, -0.25) is 19.6 Å². The first-order valence-electron chi connectivity index (χ1n) is 5.99. The Morgan fingerprint density at radius 2 is 2.20 bits per heavy atom. The van der Waals surface area contributed by atoms with Crippen LogP contribution in [0.25, 0.3) is 0 Å². The summed E-state index contributed by atoms with van der Waals surface area (Å²) in [6.07, 6.45) is 3.44. The minimum absolute atomic E-state index is 0.00296. The molecule has 1 N–H and O–H groups in total. The zero-order valence-corrected chi connectivity index (χ0v) is 11.2. The van der Waals surface area contributed by atoms with E-state index < -0.39 is 4.92 Å². The number of hydrogen-bond acceptors (Lipinski definition) is 4. The molecule has 0 bridgehead atoms. The summed E-state index contributed by atoms with van der Waals surface area (Å²) in [5, 5.41) is 17.4. The molecule has 0 aliphatic rings. The summed E-state index contributed by atoms with van der Waals surface area (Å²) in [7, 11) is 0. The van der Waals surface area contributed by atoms with E-state index in [4.69, 9.17) is 0 Å². The molecule has 0 aliphatic heterocycles. The highest BCUT2D eigenvalue weighted by Gasteiger charge is 2.10. The predicted molar refractivity (Wildman–Crippen MR) is 73.4 cm³/mol. The highest BCUT2D eigenvalue weighted by Crippen LogP contribution is 2.21. The molecule has 1 aromatic carbocycles. The van der Waals surface area contributed by atoms with E-state index in [2.05, 4.69) is 10.4 Å². The summed E-state index contributed by atoms with van der Waals surface area (Å²) in [5.41, 5.74) is 2.18. The molecule has 7 nitrogen and oxygen atoms in total. The lowest BCUT2D eigenvalue weighted by Gasteiger charge is -2.08. The third-order valence-electron chi connectivity index (χ3n) is 2.76. The van der Waals surface area contributed by atoms with Crippen molar-refractivity contribution in [3.8, 4) is 0 Å². The number of amides is 1. The van der Waals surface area contributed by atoms with Gasteiger partial charge in [0.25, 0.3) is 5.69 Å². The fourth-order valence-electron chi connectivity index (χ4n) is 1.79. The van der Waals surface area contributed by atoms with Gasteiger partial charge >= 0.3 is 0 Å². The Kier molecular flexibility index (Phi) is 3.79. The molecule has 104 valence electrons.